The number of hydroxylamine groups is 2. The molecule has 0 bridgehead atoms. The van der Waals surface area contributed by atoms with Crippen LogP contribution in [0, 0.1) is 0 Å². The molecule has 0 aromatic heterocycles. The zero-order chi connectivity index (χ0) is 18.9. The van der Waals surface area contributed by atoms with Gasteiger partial charge in [-0.05, 0) is 38.1 Å². The lowest BCUT2D eigenvalue weighted by Crippen LogP contribution is -2.41. The van der Waals surface area contributed by atoms with E-state index in [0.29, 0.717) is 10.6 Å². The predicted molar refractivity (Wildman–Crippen MR) is 85.6 cm³/mol. The van der Waals surface area contributed by atoms with E-state index in [-0.39, 0.29) is 6.42 Å². The van der Waals surface area contributed by atoms with Crippen LogP contribution in [0.1, 0.15) is 26.3 Å². The number of carbonyl (C=O) groups excluding carboxylic acids is 2. The summed E-state index contributed by atoms with van der Waals surface area (Å²) in [5.74, 6) is -1.12. The number of amides is 1. The van der Waals surface area contributed by atoms with Crippen LogP contribution in [-0.4, -0.2) is 39.5 Å². The molecule has 138 valence electrons. The maximum Gasteiger partial charge on any atom is 0.443 e. The molecule has 1 atom stereocenters. The van der Waals surface area contributed by atoms with Gasteiger partial charge in [-0.15, -0.1) is 5.06 Å². The molecule has 0 spiro atoms. The van der Waals surface area contributed by atoms with Crippen LogP contribution in [0.3, 0.4) is 0 Å². The van der Waals surface area contributed by atoms with E-state index in [1.54, 1.807) is 51.1 Å². The molecule has 1 saturated heterocycles. The fraction of sp³-hybridized carbons (Fsp3) is 0.500. The summed E-state index contributed by atoms with van der Waals surface area (Å²) in [6, 6.07) is 8.26. The molecule has 1 fully saturated rings. The van der Waals surface area contributed by atoms with E-state index in [0.717, 1.165) is 0 Å². The minimum Gasteiger partial charge on any atom is -0.442 e. The van der Waals surface area contributed by atoms with Gasteiger partial charge in [0.25, 0.3) is 0 Å². The Morgan fingerprint density at radius 2 is 1.88 bits per heavy atom. The Kier molecular flexibility index (Phi) is 5.27. The largest absolute Gasteiger partial charge is 0.443 e. The van der Waals surface area contributed by atoms with Gasteiger partial charge in [0.15, 0.2) is 0 Å². The maximum atomic E-state index is 13.0. The van der Waals surface area contributed by atoms with E-state index in [1.807, 2.05) is 0 Å². The maximum absolute atomic E-state index is 13.0. The second-order valence-corrected chi connectivity index (χ2v) is 8.05. The van der Waals surface area contributed by atoms with Gasteiger partial charge in [-0.3, -0.25) is 0 Å². The molecule has 2 rings (SSSR count). The highest BCUT2D eigenvalue weighted by Gasteiger charge is 2.57. The molecule has 1 aromatic carbocycles. The number of ether oxygens (including phenoxy) is 1. The van der Waals surface area contributed by atoms with Crippen LogP contribution in [-0.2, 0) is 20.8 Å². The Morgan fingerprint density at radius 1 is 1.28 bits per heavy atom. The van der Waals surface area contributed by atoms with E-state index in [9.17, 15) is 22.8 Å². The van der Waals surface area contributed by atoms with Crippen molar-refractivity contribution in [2.45, 2.75) is 43.0 Å². The second kappa shape index (κ2) is 6.78. The van der Waals surface area contributed by atoms with Crippen LogP contribution in [0.2, 0.25) is 0 Å². The van der Waals surface area contributed by atoms with Crippen molar-refractivity contribution in [3.63, 3.8) is 0 Å². The molecule has 25 heavy (non-hydrogen) atoms. The average Bonchev–Trinajstić information content (AvgIpc) is 2.73. The zero-order valence-corrected chi connectivity index (χ0v) is 14.7. The number of rotatable bonds is 3. The smallest absolute Gasteiger partial charge is 0.442 e. The summed E-state index contributed by atoms with van der Waals surface area (Å²) in [6.07, 6.45) is -1.23. The average molecular weight is 377 g/mol. The van der Waals surface area contributed by atoms with Gasteiger partial charge in [0.05, 0.1) is 6.54 Å². The van der Waals surface area contributed by atoms with Crippen LogP contribution >= 0.6 is 11.8 Å². The molecular weight excluding hydrogens is 359 g/mol. The second-order valence-electron chi connectivity index (χ2n) is 6.60. The third-order valence-corrected chi connectivity index (χ3v) is 4.27. The lowest BCUT2D eigenvalue weighted by atomic mass is 9.99. The zero-order valence-electron chi connectivity index (χ0n) is 13.9. The van der Waals surface area contributed by atoms with Crippen molar-refractivity contribution in [3.05, 3.63) is 35.9 Å². The molecule has 5 nitrogen and oxygen atoms in total. The van der Waals surface area contributed by atoms with Gasteiger partial charge in [-0.2, -0.15) is 13.2 Å². The van der Waals surface area contributed by atoms with Crippen LogP contribution < -0.4 is 0 Å². The van der Waals surface area contributed by atoms with E-state index >= 15 is 0 Å². The minimum atomic E-state index is -4.67. The Hall–Kier alpha value is -1.90. The highest BCUT2D eigenvalue weighted by molar-refractivity contribution is 8.02. The molecule has 0 aliphatic carbocycles. The fourth-order valence-corrected chi connectivity index (χ4v) is 3.30. The van der Waals surface area contributed by atoms with Gasteiger partial charge in [-0.1, -0.05) is 30.3 Å². The Balaban J connectivity index is 2.26. The summed E-state index contributed by atoms with van der Waals surface area (Å²) in [5.41, 5.74) is -5.01. The van der Waals surface area contributed by atoms with E-state index in [1.165, 1.54) is 0 Å². The molecule has 1 aliphatic heterocycles. The van der Waals surface area contributed by atoms with Crippen molar-refractivity contribution in [1.82, 2.24) is 5.06 Å². The van der Waals surface area contributed by atoms with Crippen molar-refractivity contribution in [2.75, 3.05) is 6.54 Å². The number of thioether (sulfide) groups is 1. The molecule has 1 heterocycles. The third kappa shape index (κ3) is 5.29. The van der Waals surface area contributed by atoms with Gasteiger partial charge >= 0.3 is 17.6 Å². The molecule has 1 aromatic rings. The number of hydrogen-bond acceptors (Lipinski definition) is 5. The van der Waals surface area contributed by atoms with E-state index in [2.05, 4.69) is 0 Å². The van der Waals surface area contributed by atoms with Crippen molar-refractivity contribution in [2.24, 2.45) is 0 Å². The highest BCUT2D eigenvalue weighted by Crippen LogP contribution is 2.46. The van der Waals surface area contributed by atoms with Crippen LogP contribution in [0.4, 0.5) is 18.0 Å². The van der Waals surface area contributed by atoms with Crippen molar-refractivity contribution < 1.29 is 32.3 Å². The Bertz CT molecular complexity index is 645. The van der Waals surface area contributed by atoms with Gasteiger partial charge in [-0.25, -0.2) is 9.59 Å². The first-order valence-corrected chi connectivity index (χ1v) is 8.26. The summed E-state index contributed by atoms with van der Waals surface area (Å²) in [7, 11) is 0. The summed E-state index contributed by atoms with van der Waals surface area (Å²) in [5, 5.41) is 0.551. The standard InChI is InChI=1S/C16H18F3NO4S/c1-14(2,3)23-13(22)20-10-15(12(21)24-20,25-16(17,18)19)9-11-7-5-4-6-8-11/h4-8H,9-10H2,1-3H3/t15-/m0/s1. The SMILES string of the molecule is CC(C)(C)OC(=O)N1C[C@](Cc2ccccc2)(SC(F)(F)F)C(=O)O1. The highest BCUT2D eigenvalue weighted by atomic mass is 32.2. The van der Waals surface area contributed by atoms with E-state index in [4.69, 9.17) is 9.57 Å². The molecule has 0 N–H and O–H groups in total. The molecule has 0 radical (unpaired) electrons. The summed E-state index contributed by atoms with van der Waals surface area (Å²) in [4.78, 5) is 29.1. The summed E-state index contributed by atoms with van der Waals surface area (Å²) < 4.78 is 42.2. The molecule has 1 aliphatic rings. The minimum absolute atomic E-state index is 0.226. The quantitative estimate of drug-likeness (QED) is 0.799. The summed E-state index contributed by atoms with van der Waals surface area (Å²) >= 11 is -0.470. The fourth-order valence-electron chi connectivity index (χ4n) is 2.31. The Morgan fingerprint density at radius 3 is 2.40 bits per heavy atom. The van der Waals surface area contributed by atoms with Gasteiger partial charge in [0.2, 0.25) is 0 Å². The normalized spacial score (nSPS) is 21.2. The van der Waals surface area contributed by atoms with Gasteiger partial charge < -0.3 is 9.57 Å². The van der Waals surface area contributed by atoms with Gasteiger partial charge in [0, 0.05) is 6.42 Å². The third-order valence-electron chi connectivity index (χ3n) is 3.20. The van der Waals surface area contributed by atoms with E-state index < -0.39 is 46.2 Å². The molecule has 0 saturated carbocycles. The van der Waals surface area contributed by atoms with Gasteiger partial charge in [0.1, 0.15) is 10.3 Å². The predicted octanol–water partition coefficient (Wildman–Crippen LogP) is 3.93. The van der Waals surface area contributed by atoms with Crippen LogP contribution in [0.25, 0.3) is 0 Å². The molecular formula is C16H18F3NO4S. The topological polar surface area (TPSA) is 55.8 Å². The van der Waals surface area contributed by atoms with Crippen molar-refractivity contribution in [1.29, 1.82) is 0 Å². The molecule has 9 heteroatoms. The first-order valence-electron chi connectivity index (χ1n) is 7.44. The lowest BCUT2D eigenvalue weighted by molar-refractivity contribution is -0.166. The number of carbonyl (C=O) groups is 2. The lowest BCUT2D eigenvalue weighted by Gasteiger charge is -2.25. The number of hydrogen-bond donors (Lipinski definition) is 0. The van der Waals surface area contributed by atoms with Crippen LogP contribution in [0.15, 0.2) is 30.3 Å². The number of benzene rings is 1. The molecule has 0 unspecified atom stereocenters. The van der Waals surface area contributed by atoms with Crippen molar-refractivity contribution >= 4 is 23.8 Å². The Labute approximate surface area is 147 Å². The first kappa shape index (κ1) is 19.4. The number of alkyl halides is 3. The van der Waals surface area contributed by atoms with Crippen LogP contribution in [0.5, 0.6) is 0 Å². The van der Waals surface area contributed by atoms with Crippen molar-refractivity contribution in [3.8, 4) is 0 Å². The molecule has 1 amide bonds. The number of halogens is 3. The monoisotopic (exact) mass is 377 g/mol. The summed E-state index contributed by atoms with van der Waals surface area (Å²) in [6.45, 7) is 4.25. The first-order chi connectivity index (χ1) is 11.4. The number of nitrogens with zero attached hydrogens (tertiary/aromatic N) is 1.